The van der Waals surface area contributed by atoms with Crippen molar-refractivity contribution in [2.75, 3.05) is 20.3 Å². The monoisotopic (exact) mass is 323 g/mol. The number of thiophene rings is 1. The number of azo groups is 1. The lowest BCUT2D eigenvalue weighted by Crippen LogP contribution is -2.13. The van der Waals surface area contributed by atoms with Crippen molar-refractivity contribution in [2.45, 2.75) is 10.6 Å². The molecule has 1 unspecified atom stereocenters. The molecule has 0 spiro atoms. The molecule has 0 saturated heterocycles. The van der Waals surface area contributed by atoms with Crippen LogP contribution in [-0.4, -0.2) is 25.4 Å². The molecular weight excluding hydrogens is 309 g/mol. The molecule has 1 aromatic rings. The summed E-state index contributed by atoms with van der Waals surface area (Å²) in [6.45, 7) is 2.42. The summed E-state index contributed by atoms with van der Waals surface area (Å²) in [5.74, 6) is 0. The van der Waals surface area contributed by atoms with Crippen molar-refractivity contribution in [3.8, 4) is 0 Å². The zero-order valence-electron chi connectivity index (χ0n) is 9.99. The number of thiocarbonyl (C=S) groups is 1. The topological polar surface area (TPSA) is 55.2 Å². The Balaban J connectivity index is 2.22. The Morgan fingerprint density at radius 2 is 2.39 bits per heavy atom. The average Bonchev–Trinajstić information content (AvgIpc) is 2.71. The molecular formula is C9H14N3O2PS3. The summed E-state index contributed by atoms with van der Waals surface area (Å²) in [6, 6.07) is 4.01. The molecule has 5 nitrogen and oxygen atoms in total. The average molecular weight is 323 g/mol. The zero-order valence-corrected chi connectivity index (χ0v) is 13.4. The maximum atomic E-state index is 4.98. The van der Waals surface area contributed by atoms with Gasteiger partial charge in [-0.1, -0.05) is 0 Å². The van der Waals surface area contributed by atoms with Crippen molar-refractivity contribution in [1.29, 1.82) is 0 Å². The highest BCUT2D eigenvalue weighted by Gasteiger charge is 2.03. The smallest absolute Gasteiger partial charge is 0.218 e. The van der Waals surface area contributed by atoms with Gasteiger partial charge in [-0.25, -0.2) is 4.89 Å². The van der Waals surface area contributed by atoms with Crippen LogP contribution >= 0.6 is 44.5 Å². The fraction of sp³-hybridized carbons (Fsp3) is 0.444. The largest absolute Gasteiger partial charge is 0.314 e. The molecule has 0 aliphatic carbocycles. The molecule has 1 heterocycles. The van der Waals surface area contributed by atoms with Gasteiger partial charge < -0.3 is 5.09 Å². The minimum absolute atomic E-state index is 0.307. The first kappa shape index (κ1) is 15.9. The quantitative estimate of drug-likeness (QED) is 0.210. The number of nitrogens with one attached hydrogen (secondary N) is 1. The van der Waals surface area contributed by atoms with Gasteiger partial charge in [0.1, 0.15) is 0 Å². The van der Waals surface area contributed by atoms with E-state index in [0.29, 0.717) is 11.7 Å². The lowest BCUT2D eigenvalue weighted by molar-refractivity contribution is -0.169. The van der Waals surface area contributed by atoms with E-state index in [4.69, 9.17) is 16.9 Å². The number of rotatable bonds is 6. The van der Waals surface area contributed by atoms with Crippen molar-refractivity contribution in [3.05, 3.63) is 17.0 Å². The van der Waals surface area contributed by atoms with Crippen LogP contribution < -0.4 is 5.09 Å². The van der Waals surface area contributed by atoms with Crippen LogP contribution in [0.2, 0.25) is 0 Å². The number of nitrogens with zero attached hydrogens (tertiary/aromatic N) is 2. The fourth-order valence-corrected chi connectivity index (χ4v) is 3.24. The van der Waals surface area contributed by atoms with Crippen molar-refractivity contribution >= 4 is 49.6 Å². The van der Waals surface area contributed by atoms with Gasteiger partial charge in [-0.3, -0.25) is 0 Å². The summed E-state index contributed by atoms with van der Waals surface area (Å²) in [6.07, 6.45) is 0.840. The van der Waals surface area contributed by atoms with Crippen molar-refractivity contribution in [2.24, 2.45) is 10.2 Å². The summed E-state index contributed by atoms with van der Waals surface area (Å²) >= 11 is 10.9. The molecule has 0 bridgehead atoms. The first-order valence-electron chi connectivity index (χ1n) is 5.02. The highest BCUT2D eigenvalue weighted by Crippen LogP contribution is 2.26. The van der Waals surface area contributed by atoms with Crippen LogP contribution in [0.5, 0.6) is 0 Å². The van der Waals surface area contributed by atoms with Gasteiger partial charge in [0.05, 0.1) is 17.9 Å². The lowest BCUT2D eigenvalue weighted by atomic mass is 10.3. The van der Waals surface area contributed by atoms with Crippen LogP contribution in [0.1, 0.15) is 4.88 Å². The summed E-state index contributed by atoms with van der Waals surface area (Å²) < 4.78 is 5.86. The van der Waals surface area contributed by atoms with Crippen LogP contribution in [-0.2, 0) is 16.0 Å². The Labute approximate surface area is 122 Å². The number of hydrogen-bond acceptors (Lipinski definition) is 6. The number of thiol groups is 1. The maximum absolute atomic E-state index is 4.98. The molecule has 18 heavy (non-hydrogen) atoms. The van der Waals surface area contributed by atoms with E-state index in [9.17, 15) is 0 Å². The van der Waals surface area contributed by atoms with Gasteiger partial charge in [0, 0.05) is 18.0 Å². The molecule has 0 aromatic carbocycles. The van der Waals surface area contributed by atoms with Crippen LogP contribution in [0.15, 0.2) is 26.6 Å². The minimum Gasteiger partial charge on any atom is -0.314 e. The van der Waals surface area contributed by atoms with Gasteiger partial charge in [0.15, 0.2) is 8.30 Å². The van der Waals surface area contributed by atoms with E-state index in [2.05, 4.69) is 32.8 Å². The summed E-state index contributed by atoms with van der Waals surface area (Å²) in [5.41, 5.74) is 0. The van der Waals surface area contributed by atoms with Crippen LogP contribution in [0.3, 0.4) is 0 Å². The molecule has 0 saturated carbocycles. The first-order chi connectivity index (χ1) is 8.61. The highest BCUT2D eigenvalue weighted by molar-refractivity contribution is 7.82. The second kappa shape index (κ2) is 8.90. The Hall–Kier alpha value is -0.110. The molecule has 0 fully saturated rings. The van der Waals surface area contributed by atoms with Crippen molar-refractivity contribution < 1.29 is 9.56 Å². The predicted octanol–water partition coefficient (Wildman–Crippen LogP) is 3.43. The summed E-state index contributed by atoms with van der Waals surface area (Å²) in [5, 5.41) is 11.1. The van der Waals surface area contributed by atoms with Gasteiger partial charge in [-0.05, 0) is 24.4 Å². The van der Waals surface area contributed by atoms with Crippen molar-refractivity contribution in [1.82, 2.24) is 5.09 Å². The molecule has 1 N–H and O–H groups in total. The van der Waals surface area contributed by atoms with Gasteiger partial charge in [-0.2, -0.15) is 9.79 Å². The molecule has 1 atom stereocenters. The third-order valence-corrected chi connectivity index (χ3v) is 4.31. The van der Waals surface area contributed by atoms with E-state index in [0.717, 1.165) is 10.6 Å². The van der Waals surface area contributed by atoms with Crippen LogP contribution in [0.4, 0.5) is 0 Å². The SMILES string of the molecule is COOP(C)NC(=S)N=NCCc1ccc(S)s1. The van der Waals surface area contributed by atoms with Gasteiger partial charge in [0.25, 0.3) is 0 Å². The Morgan fingerprint density at radius 3 is 3.00 bits per heavy atom. The van der Waals surface area contributed by atoms with Crippen molar-refractivity contribution in [3.63, 3.8) is 0 Å². The first-order valence-corrected chi connectivity index (χ1v) is 8.40. The molecule has 0 aliphatic rings. The Morgan fingerprint density at radius 1 is 1.61 bits per heavy atom. The second-order valence-corrected chi connectivity index (χ2v) is 6.82. The molecule has 100 valence electrons. The minimum atomic E-state index is -0.957. The molecule has 9 heteroatoms. The highest BCUT2D eigenvalue weighted by atomic mass is 32.2. The second-order valence-electron chi connectivity index (χ2n) is 3.11. The molecule has 0 radical (unpaired) electrons. The van der Waals surface area contributed by atoms with E-state index in [1.165, 1.54) is 12.0 Å². The standard InChI is InChI=1S/C9H14N3O2PS3/c1-13-14-15(2)12-9(17)11-10-6-5-7-3-4-8(16)18-7/h3-4,16H,5-6H2,1-2H3,(H,12,17). The normalized spacial score (nSPS) is 12.8. The van der Waals surface area contributed by atoms with Gasteiger partial charge in [-0.15, -0.1) is 29.1 Å². The van der Waals surface area contributed by atoms with E-state index >= 15 is 0 Å². The molecule has 0 amide bonds. The summed E-state index contributed by atoms with van der Waals surface area (Å²) in [7, 11) is 0.490. The zero-order chi connectivity index (χ0) is 13.4. The van der Waals surface area contributed by atoms with E-state index in [1.807, 2.05) is 18.8 Å². The van der Waals surface area contributed by atoms with E-state index in [-0.39, 0.29) is 0 Å². The van der Waals surface area contributed by atoms with E-state index < -0.39 is 8.30 Å². The van der Waals surface area contributed by atoms with Crippen LogP contribution in [0.25, 0.3) is 0 Å². The molecule has 0 aliphatic heterocycles. The Kier molecular flexibility index (Phi) is 7.88. The van der Waals surface area contributed by atoms with E-state index in [1.54, 1.807) is 11.3 Å². The number of hydrogen-bond donors (Lipinski definition) is 2. The summed E-state index contributed by atoms with van der Waals surface area (Å²) in [4.78, 5) is 5.75. The van der Waals surface area contributed by atoms with Gasteiger partial charge in [0.2, 0.25) is 5.11 Å². The molecule has 1 aromatic heterocycles. The Bertz CT molecular complexity index is 414. The molecule has 1 rings (SSSR count). The third-order valence-electron chi connectivity index (χ3n) is 1.71. The van der Waals surface area contributed by atoms with Crippen LogP contribution in [0, 0.1) is 0 Å². The third kappa shape index (κ3) is 6.72. The predicted molar refractivity (Wildman–Crippen MR) is 81.7 cm³/mol. The maximum Gasteiger partial charge on any atom is 0.218 e. The van der Waals surface area contributed by atoms with Gasteiger partial charge >= 0.3 is 0 Å². The fourth-order valence-electron chi connectivity index (χ4n) is 1.06. The lowest BCUT2D eigenvalue weighted by Gasteiger charge is -2.09.